The third-order valence-corrected chi connectivity index (χ3v) is 4.61. The minimum atomic E-state index is -0.0939. The molecule has 0 saturated heterocycles. The lowest BCUT2D eigenvalue weighted by Gasteiger charge is -2.28. The second-order valence-corrected chi connectivity index (χ2v) is 6.20. The number of nitrogens with zero attached hydrogens (tertiary/aromatic N) is 1. The van der Waals surface area contributed by atoms with E-state index in [4.69, 9.17) is 9.47 Å². The Kier molecular flexibility index (Phi) is 4.90. The average molecular weight is 328 g/mol. The molecule has 0 amide bonds. The van der Waals surface area contributed by atoms with E-state index in [0.29, 0.717) is 0 Å². The Balaban J connectivity index is 1.89. The first kappa shape index (κ1) is 16.6. The van der Waals surface area contributed by atoms with E-state index < -0.39 is 0 Å². The molecule has 2 heterocycles. The highest BCUT2D eigenvalue weighted by Crippen LogP contribution is 2.32. The zero-order valence-corrected chi connectivity index (χ0v) is 14.4. The summed E-state index contributed by atoms with van der Waals surface area (Å²) in [6.07, 6.45) is 1.03. The Morgan fingerprint density at radius 3 is 2.67 bits per heavy atom. The van der Waals surface area contributed by atoms with Crippen LogP contribution in [0.2, 0.25) is 0 Å². The zero-order chi connectivity index (χ0) is 17.1. The molecule has 0 bridgehead atoms. The molecule has 1 N–H and O–H groups in total. The third kappa shape index (κ3) is 3.46. The molecule has 1 aromatic heterocycles. The van der Waals surface area contributed by atoms with Crippen LogP contribution in [-0.2, 0) is 6.54 Å². The van der Waals surface area contributed by atoms with Gasteiger partial charge in [-0.1, -0.05) is 19.1 Å². The highest BCUT2D eigenvalue weighted by molar-refractivity contribution is 5.31. The fraction of sp³-hybridized carbons (Fsp3) is 0.421. The number of nitrogens with one attached hydrogen (secondary N) is 1. The Morgan fingerprint density at radius 2 is 2.00 bits per heavy atom. The van der Waals surface area contributed by atoms with Gasteiger partial charge in [0.2, 0.25) is 5.56 Å². The van der Waals surface area contributed by atoms with Gasteiger partial charge < -0.3 is 14.5 Å². The van der Waals surface area contributed by atoms with Crippen LogP contribution >= 0.6 is 0 Å². The van der Waals surface area contributed by atoms with Crippen molar-refractivity contribution < 1.29 is 9.47 Å². The Bertz CT molecular complexity index is 739. The topological polar surface area (TPSA) is 54.6 Å². The minimum Gasteiger partial charge on any atom is -0.497 e. The van der Waals surface area contributed by atoms with Gasteiger partial charge in [-0.15, -0.1) is 0 Å². The molecule has 5 heteroatoms. The van der Waals surface area contributed by atoms with Crippen molar-refractivity contribution in [2.75, 3.05) is 13.7 Å². The van der Waals surface area contributed by atoms with E-state index in [2.05, 4.69) is 35.9 Å². The van der Waals surface area contributed by atoms with Crippen molar-refractivity contribution in [1.29, 1.82) is 0 Å². The SMILES string of the molecule is CC[C@@H]1CN(Cc2ccc(OC)cc2)[C@@H](C)c2[nH]c(=O)ccc2O1. The normalized spacial score (nSPS) is 20.8. The number of pyridine rings is 1. The molecule has 1 aliphatic heterocycles. The molecule has 0 fully saturated rings. The number of hydrogen-bond donors (Lipinski definition) is 1. The zero-order valence-electron chi connectivity index (χ0n) is 14.4. The summed E-state index contributed by atoms with van der Waals surface area (Å²) in [6.45, 7) is 5.85. The van der Waals surface area contributed by atoms with E-state index in [1.165, 1.54) is 11.6 Å². The summed E-state index contributed by atoms with van der Waals surface area (Å²) in [5.41, 5.74) is 1.97. The lowest BCUT2D eigenvalue weighted by atomic mass is 10.1. The van der Waals surface area contributed by atoms with Crippen molar-refractivity contribution in [1.82, 2.24) is 9.88 Å². The van der Waals surface area contributed by atoms with Gasteiger partial charge in [-0.25, -0.2) is 0 Å². The molecule has 1 aliphatic rings. The van der Waals surface area contributed by atoms with Crippen LogP contribution in [0.3, 0.4) is 0 Å². The second kappa shape index (κ2) is 7.09. The third-order valence-electron chi connectivity index (χ3n) is 4.61. The van der Waals surface area contributed by atoms with Crippen molar-refractivity contribution >= 4 is 0 Å². The van der Waals surface area contributed by atoms with Crippen molar-refractivity contribution in [2.24, 2.45) is 0 Å². The molecule has 2 aromatic rings. The summed E-state index contributed by atoms with van der Waals surface area (Å²) in [4.78, 5) is 17.0. The smallest absolute Gasteiger partial charge is 0.248 e. The first-order valence-electron chi connectivity index (χ1n) is 8.37. The Morgan fingerprint density at radius 1 is 1.25 bits per heavy atom. The number of ether oxygens (including phenoxy) is 2. The number of aromatic amines is 1. The van der Waals surface area contributed by atoms with E-state index in [1.807, 2.05) is 12.1 Å². The number of H-pyrrole nitrogens is 1. The summed E-state index contributed by atoms with van der Waals surface area (Å²) >= 11 is 0. The van der Waals surface area contributed by atoms with Gasteiger partial charge in [0.1, 0.15) is 17.6 Å². The fourth-order valence-electron chi connectivity index (χ4n) is 3.09. The van der Waals surface area contributed by atoms with Crippen LogP contribution in [-0.4, -0.2) is 29.6 Å². The van der Waals surface area contributed by atoms with Gasteiger partial charge >= 0.3 is 0 Å². The standard InChI is InChI=1S/C19H24N2O3/c1-4-15-12-21(11-14-5-7-16(23-3)8-6-14)13(2)19-17(24-15)9-10-18(22)20-19/h5-10,13,15H,4,11-12H2,1-3H3,(H,20,22)/t13-,15+/m0/s1. The van der Waals surface area contributed by atoms with Crippen LogP contribution in [0.15, 0.2) is 41.2 Å². The first-order chi connectivity index (χ1) is 11.6. The highest BCUT2D eigenvalue weighted by Gasteiger charge is 2.28. The first-order valence-corrected chi connectivity index (χ1v) is 8.37. The van der Waals surface area contributed by atoms with Crippen LogP contribution in [0.4, 0.5) is 0 Å². The largest absolute Gasteiger partial charge is 0.497 e. The monoisotopic (exact) mass is 328 g/mol. The Labute approximate surface area is 142 Å². The molecule has 2 atom stereocenters. The van der Waals surface area contributed by atoms with Crippen LogP contribution in [0.25, 0.3) is 0 Å². The second-order valence-electron chi connectivity index (χ2n) is 6.20. The lowest BCUT2D eigenvalue weighted by Crippen LogP contribution is -2.34. The van der Waals surface area contributed by atoms with Gasteiger partial charge in [0, 0.05) is 19.2 Å². The molecule has 0 saturated carbocycles. The molecular weight excluding hydrogens is 304 g/mol. The summed E-state index contributed by atoms with van der Waals surface area (Å²) in [5, 5.41) is 0. The fourth-order valence-corrected chi connectivity index (χ4v) is 3.09. The molecule has 0 unspecified atom stereocenters. The maximum Gasteiger partial charge on any atom is 0.248 e. The van der Waals surface area contributed by atoms with Gasteiger partial charge in [-0.05, 0) is 37.1 Å². The molecule has 1 aromatic carbocycles. The molecular formula is C19H24N2O3. The van der Waals surface area contributed by atoms with Crippen molar-refractivity contribution in [3.05, 3.63) is 58.0 Å². The molecule has 0 spiro atoms. The number of aromatic nitrogens is 1. The van der Waals surface area contributed by atoms with Gasteiger partial charge in [-0.2, -0.15) is 0 Å². The number of methoxy groups -OCH3 is 1. The predicted molar refractivity (Wildman–Crippen MR) is 93.6 cm³/mol. The quantitative estimate of drug-likeness (QED) is 0.937. The van der Waals surface area contributed by atoms with Crippen LogP contribution in [0, 0.1) is 0 Å². The van der Waals surface area contributed by atoms with Crippen LogP contribution in [0.5, 0.6) is 11.5 Å². The summed E-state index contributed by atoms with van der Waals surface area (Å²) in [7, 11) is 1.67. The van der Waals surface area contributed by atoms with Crippen LogP contribution < -0.4 is 15.0 Å². The lowest BCUT2D eigenvalue weighted by molar-refractivity contribution is 0.121. The molecule has 128 valence electrons. The average Bonchev–Trinajstić information content (AvgIpc) is 2.73. The maximum absolute atomic E-state index is 11.7. The van der Waals surface area contributed by atoms with Crippen molar-refractivity contribution in [3.63, 3.8) is 0 Å². The number of benzene rings is 1. The van der Waals surface area contributed by atoms with Gasteiger partial charge in [0.25, 0.3) is 0 Å². The predicted octanol–water partition coefficient (Wildman–Crippen LogP) is 3.12. The number of rotatable bonds is 4. The molecule has 3 rings (SSSR count). The van der Waals surface area contributed by atoms with E-state index in [-0.39, 0.29) is 17.7 Å². The van der Waals surface area contributed by atoms with Gasteiger partial charge in [0.15, 0.2) is 0 Å². The molecule has 0 radical (unpaired) electrons. The van der Waals surface area contributed by atoms with E-state index in [1.54, 1.807) is 13.2 Å². The molecule has 5 nitrogen and oxygen atoms in total. The minimum absolute atomic E-state index is 0.0764. The Hall–Kier alpha value is -2.27. The number of hydrogen-bond acceptors (Lipinski definition) is 4. The molecule has 24 heavy (non-hydrogen) atoms. The van der Waals surface area contributed by atoms with Crippen molar-refractivity contribution in [3.8, 4) is 11.5 Å². The maximum atomic E-state index is 11.7. The molecule has 0 aliphatic carbocycles. The van der Waals surface area contributed by atoms with Gasteiger partial charge in [0.05, 0.1) is 18.8 Å². The van der Waals surface area contributed by atoms with E-state index >= 15 is 0 Å². The van der Waals surface area contributed by atoms with Crippen molar-refractivity contribution in [2.45, 2.75) is 39.0 Å². The summed E-state index contributed by atoms with van der Waals surface area (Å²) < 4.78 is 11.3. The van der Waals surface area contributed by atoms with Gasteiger partial charge in [-0.3, -0.25) is 9.69 Å². The summed E-state index contributed by atoms with van der Waals surface area (Å²) in [6, 6.07) is 11.5. The summed E-state index contributed by atoms with van der Waals surface area (Å²) in [5.74, 6) is 1.64. The highest BCUT2D eigenvalue weighted by atomic mass is 16.5. The van der Waals surface area contributed by atoms with Crippen LogP contribution in [0.1, 0.15) is 37.6 Å². The van der Waals surface area contributed by atoms with E-state index in [0.717, 1.165) is 36.7 Å². The number of fused-ring (bicyclic) bond motifs is 1. The van der Waals surface area contributed by atoms with E-state index in [9.17, 15) is 4.79 Å².